The first-order valence-electron chi connectivity index (χ1n) is 5.89. The predicted octanol–water partition coefficient (Wildman–Crippen LogP) is 3.36. The van der Waals surface area contributed by atoms with Gasteiger partial charge in [0.25, 0.3) is 0 Å². The van der Waals surface area contributed by atoms with Crippen molar-refractivity contribution in [2.24, 2.45) is 0 Å². The maximum atomic E-state index is 11.0. The first kappa shape index (κ1) is 13.9. The minimum Gasteiger partial charge on any atom is -0.314 e. The largest absolute Gasteiger partial charge is 0.314 e. The normalized spacial score (nSPS) is 14.8. The minimum atomic E-state index is 0.0491. The molecular formula is C13H17BrN2OS. The Morgan fingerprint density at radius 1 is 1.44 bits per heavy atom. The summed E-state index contributed by atoms with van der Waals surface area (Å²) in [5.41, 5.74) is 2.31. The van der Waals surface area contributed by atoms with Crippen molar-refractivity contribution in [1.29, 1.82) is 0 Å². The molecule has 18 heavy (non-hydrogen) atoms. The molecule has 0 aliphatic carbocycles. The molecule has 0 spiro atoms. The number of hydrogen-bond acceptors (Lipinski definition) is 3. The number of nitrogens with zero attached hydrogens (tertiary/aromatic N) is 1. The summed E-state index contributed by atoms with van der Waals surface area (Å²) >= 11 is 5.18. The van der Waals surface area contributed by atoms with E-state index in [0.717, 1.165) is 34.4 Å². The van der Waals surface area contributed by atoms with Gasteiger partial charge in [-0.3, -0.25) is 9.52 Å². The van der Waals surface area contributed by atoms with Crippen molar-refractivity contribution in [3.05, 3.63) is 22.2 Å². The van der Waals surface area contributed by atoms with Crippen molar-refractivity contribution in [2.75, 3.05) is 11.4 Å². The molecule has 5 heteroatoms. The van der Waals surface area contributed by atoms with E-state index in [0.29, 0.717) is 0 Å². The van der Waals surface area contributed by atoms with E-state index in [4.69, 9.17) is 0 Å². The highest BCUT2D eigenvalue weighted by atomic mass is 79.9. The summed E-state index contributed by atoms with van der Waals surface area (Å²) in [5, 5.41) is 0. The van der Waals surface area contributed by atoms with Crippen LogP contribution >= 0.6 is 27.9 Å². The van der Waals surface area contributed by atoms with Gasteiger partial charge in [0.2, 0.25) is 6.41 Å². The summed E-state index contributed by atoms with van der Waals surface area (Å²) in [6, 6.07) is 4.19. The van der Waals surface area contributed by atoms with Crippen LogP contribution < -0.4 is 9.62 Å². The zero-order valence-electron chi connectivity index (χ0n) is 10.8. The smallest absolute Gasteiger partial charge is 0.214 e. The number of benzene rings is 1. The molecule has 98 valence electrons. The van der Waals surface area contributed by atoms with E-state index in [1.54, 1.807) is 16.8 Å². The van der Waals surface area contributed by atoms with Crippen LogP contribution in [0.3, 0.4) is 0 Å². The van der Waals surface area contributed by atoms with Crippen molar-refractivity contribution in [3.63, 3.8) is 0 Å². The standard InChI is InChI=1S/C13H17BrN2OS/c1-13(2,3)15-18-12-7-11-9(6-10(12)14)4-5-16(11)8-17/h6-8,15H,4-5H2,1-3H3. The molecule has 0 atom stereocenters. The maximum Gasteiger partial charge on any atom is 0.214 e. The molecule has 1 aliphatic heterocycles. The predicted molar refractivity (Wildman–Crippen MR) is 80.0 cm³/mol. The Kier molecular flexibility index (Phi) is 4.04. The summed E-state index contributed by atoms with van der Waals surface area (Å²) in [6.45, 7) is 7.16. The fraction of sp³-hybridized carbons (Fsp3) is 0.462. The highest BCUT2D eigenvalue weighted by Crippen LogP contribution is 2.36. The fourth-order valence-corrected chi connectivity index (χ4v) is 3.19. The Morgan fingerprint density at radius 2 is 2.17 bits per heavy atom. The Balaban J connectivity index is 2.24. The van der Waals surface area contributed by atoms with Crippen LogP contribution in [-0.4, -0.2) is 18.5 Å². The third-order valence-electron chi connectivity index (χ3n) is 2.66. The molecule has 0 radical (unpaired) electrons. The molecule has 3 nitrogen and oxygen atoms in total. The van der Waals surface area contributed by atoms with Crippen LogP contribution in [0.25, 0.3) is 0 Å². The highest BCUT2D eigenvalue weighted by Gasteiger charge is 2.21. The monoisotopic (exact) mass is 328 g/mol. The lowest BCUT2D eigenvalue weighted by atomic mass is 10.1. The molecule has 0 bridgehead atoms. The van der Waals surface area contributed by atoms with Gasteiger partial charge in [0.1, 0.15) is 0 Å². The lowest BCUT2D eigenvalue weighted by Crippen LogP contribution is -2.29. The molecule has 0 saturated carbocycles. The van der Waals surface area contributed by atoms with E-state index in [-0.39, 0.29) is 5.54 Å². The third kappa shape index (κ3) is 3.08. The van der Waals surface area contributed by atoms with E-state index in [2.05, 4.69) is 53.6 Å². The first-order chi connectivity index (χ1) is 8.40. The van der Waals surface area contributed by atoms with Crippen LogP contribution in [0.15, 0.2) is 21.5 Å². The second kappa shape index (κ2) is 5.23. The summed E-state index contributed by atoms with van der Waals surface area (Å²) in [4.78, 5) is 13.9. The molecule has 2 rings (SSSR count). The average Bonchev–Trinajstić information content (AvgIpc) is 2.66. The van der Waals surface area contributed by atoms with Crippen LogP contribution in [0.1, 0.15) is 26.3 Å². The minimum absolute atomic E-state index is 0.0491. The van der Waals surface area contributed by atoms with Gasteiger partial charge in [0, 0.05) is 27.1 Å². The van der Waals surface area contributed by atoms with Crippen molar-refractivity contribution in [2.45, 2.75) is 37.6 Å². The molecule has 1 amide bonds. The number of rotatable bonds is 3. The number of carbonyl (C=O) groups is 1. The first-order valence-corrected chi connectivity index (χ1v) is 7.50. The molecule has 1 heterocycles. The molecule has 0 aromatic heterocycles. The zero-order chi connectivity index (χ0) is 13.3. The summed E-state index contributed by atoms with van der Waals surface area (Å²) in [5.74, 6) is 0. The summed E-state index contributed by atoms with van der Waals surface area (Å²) < 4.78 is 4.46. The molecule has 0 fully saturated rings. The lowest BCUT2D eigenvalue weighted by Gasteiger charge is -2.20. The van der Waals surface area contributed by atoms with Gasteiger partial charge < -0.3 is 4.90 Å². The van der Waals surface area contributed by atoms with Gasteiger partial charge in [-0.15, -0.1) is 0 Å². The molecular weight excluding hydrogens is 312 g/mol. The molecule has 0 unspecified atom stereocenters. The van der Waals surface area contributed by atoms with E-state index < -0.39 is 0 Å². The van der Waals surface area contributed by atoms with Crippen LogP contribution in [0.5, 0.6) is 0 Å². The number of hydrogen-bond donors (Lipinski definition) is 1. The second-order valence-electron chi connectivity index (χ2n) is 5.41. The van der Waals surface area contributed by atoms with E-state index >= 15 is 0 Å². The molecule has 0 saturated heterocycles. The number of carbonyl (C=O) groups excluding carboxylic acids is 1. The molecule has 1 N–H and O–H groups in total. The van der Waals surface area contributed by atoms with Crippen LogP contribution in [-0.2, 0) is 11.2 Å². The summed E-state index contributed by atoms with van der Waals surface area (Å²) in [7, 11) is 0. The van der Waals surface area contributed by atoms with Gasteiger partial charge >= 0.3 is 0 Å². The number of fused-ring (bicyclic) bond motifs is 1. The van der Waals surface area contributed by atoms with Gasteiger partial charge in [0.15, 0.2) is 0 Å². The molecule has 1 aromatic carbocycles. The Bertz CT molecular complexity index is 471. The number of anilines is 1. The van der Waals surface area contributed by atoms with E-state index in [1.165, 1.54) is 5.56 Å². The second-order valence-corrected chi connectivity index (χ2v) is 7.12. The Hall–Kier alpha value is -0.520. The van der Waals surface area contributed by atoms with Gasteiger partial charge in [-0.05, 0) is 72.8 Å². The topological polar surface area (TPSA) is 32.3 Å². The van der Waals surface area contributed by atoms with E-state index in [9.17, 15) is 4.79 Å². The maximum absolute atomic E-state index is 11.0. The quantitative estimate of drug-likeness (QED) is 0.682. The average molecular weight is 329 g/mol. The lowest BCUT2D eigenvalue weighted by molar-refractivity contribution is -0.107. The van der Waals surface area contributed by atoms with Gasteiger partial charge in [-0.2, -0.15) is 0 Å². The summed E-state index contributed by atoms with van der Waals surface area (Å²) in [6.07, 6.45) is 1.84. The van der Waals surface area contributed by atoms with Crippen molar-refractivity contribution in [3.8, 4) is 0 Å². The van der Waals surface area contributed by atoms with Crippen molar-refractivity contribution >= 4 is 40.0 Å². The van der Waals surface area contributed by atoms with Crippen molar-refractivity contribution in [1.82, 2.24) is 4.72 Å². The van der Waals surface area contributed by atoms with Crippen LogP contribution in [0.4, 0.5) is 5.69 Å². The number of nitrogens with one attached hydrogen (secondary N) is 1. The highest BCUT2D eigenvalue weighted by molar-refractivity contribution is 9.10. The third-order valence-corrected chi connectivity index (χ3v) is 4.85. The van der Waals surface area contributed by atoms with E-state index in [1.807, 2.05) is 0 Å². The number of halogens is 1. The van der Waals surface area contributed by atoms with Gasteiger partial charge in [0.05, 0.1) is 0 Å². The molecule has 1 aromatic rings. The van der Waals surface area contributed by atoms with Gasteiger partial charge in [-0.1, -0.05) is 0 Å². The zero-order valence-corrected chi connectivity index (χ0v) is 13.2. The Labute approximate surface area is 121 Å². The van der Waals surface area contributed by atoms with Crippen molar-refractivity contribution < 1.29 is 4.79 Å². The number of amides is 1. The fourth-order valence-electron chi connectivity index (χ4n) is 1.81. The molecule has 1 aliphatic rings. The van der Waals surface area contributed by atoms with Crippen LogP contribution in [0.2, 0.25) is 0 Å². The van der Waals surface area contributed by atoms with Gasteiger partial charge in [-0.25, -0.2) is 0 Å². The SMILES string of the molecule is CC(C)(C)NSc1cc2c(cc1Br)CCN2C=O. The Morgan fingerprint density at radius 3 is 2.78 bits per heavy atom. The van der Waals surface area contributed by atoms with Crippen LogP contribution in [0, 0.1) is 0 Å².